The molecule has 2 rings (SSSR count). The van der Waals surface area contributed by atoms with Crippen LogP contribution in [0.25, 0.3) is 10.4 Å². The number of nitrogens with two attached hydrogens (primary N) is 1. The Bertz CT molecular complexity index is 1090. The van der Waals surface area contributed by atoms with Gasteiger partial charge in [0.05, 0.1) is 0 Å². The van der Waals surface area contributed by atoms with Crippen LogP contribution < -0.4 is 5.73 Å². The van der Waals surface area contributed by atoms with E-state index < -0.39 is 11.2 Å². The first-order chi connectivity index (χ1) is 21.5. The molecule has 2 aliphatic heterocycles. The lowest BCUT2D eigenvalue weighted by Crippen LogP contribution is -2.45. The summed E-state index contributed by atoms with van der Waals surface area (Å²) in [5.74, 6) is 1.78. The summed E-state index contributed by atoms with van der Waals surface area (Å²) in [6, 6.07) is 0. The summed E-state index contributed by atoms with van der Waals surface area (Å²) in [4.78, 5) is 31.7. The minimum atomic E-state index is -0.485. The molecule has 0 radical (unpaired) electrons. The van der Waals surface area contributed by atoms with E-state index in [9.17, 15) is 9.59 Å². The number of azide groups is 1. The molecule has 0 aromatic carbocycles. The summed E-state index contributed by atoms with van der Waals surface area (Å²) in [6.45, 7) is 36.1. The zero-order chi connectivity index (χ0) is 37.5. The maximum atomic E-state index is 12.5. The Morgan fingerprint density at radius 3 is 1.42 bits per heavy atom. The average Bonchev–Trinajstić information content (AvgIpc) is 3.31. The van der Waals surface area contributed by atoms with Crippen LogP contribution in [-0.4, -0.2) is 70.4 Å². The summed E-state index contributed by atoms with van der Waals surface area (Å²) in [5, 5.41) is 3.81. The van der Waals surface area contributed by atoms with Crippen molar-refractivity contribution >= 4 is 12.2 Å². The minimum absolute atomic E-state index is 0.145. The van der Waals surface area contributed by atoms with Gasteiger partial charge in [-0.15, -0.1) is 0 Å². The third kappa shape index (κ3) is 16.5. The second-order valence-electron chi connectivity index (χ2n) is 20.3. The number of hydrogen-bond acceptors (Lipinski definition) is 6. The Balaban J connectivity index is 0.000000482. The highest BCUT2D eigenvalue weighted by molar-refractivity contribution is 5.70. The van der Waals surface area contributed by atoms with Gasteiger partial charge < -0.3 is 25.0 Å². The van der Waals surface area contributed by atoms with Crippen molar-refractivity contribution in [2.45, 2.75) is 172 Å². The van der Waals surface area contributed by atoms with Crippen molar-refractivity contribution in [3.8, 4) is 0 Å². The summed E-state index contributed by atoms with van der Waals surface area (Å²) >= 11 is 0. The Labute approximate surface area is 294 Å². The highest BCUT2D eigenvalue weighted by Gasteiger charge is 2.45. The minimum Gasteiger partial charge on any atom is -0.444 e. The molecule has 2 unspecified atom stereocenters. The predicted molar refractivity (Wildman–Crippen MR) is 198 cm³/mol. The van der Waals surface area contributed by atoms with Gasteiger partial charge >= 0.3 is 12.2 Å². The zero-order valence-electron chi connectivity index (χ0n) is 33.8. The number of amides is 2. The molecular formula is C38H74N6O4. The molecule has 0 spiro atoms. The molecule has 2 fully saturated rings. The second-order valence-corrected chi connectivity index (χ2v) is 20.3. The fourth-order valence-corrected chi connectivity index (χ4v) is 7.68. The molecule has 2 aliphatic rings. The Morgan fingerprint density at radius 2 is 1.10 bits per heavy atom. The van der Waals surface area contributed by atoms with Gasteiger partial charge in [-0.3, -0.25) is 0 Å². The molecule has 10 heteroatoms. The van der Waals surface area contributed by atoms with E-state index in [1.807, 2.05) is 51.3 Å². The maximum absolute atomic E-state index is 12.5. The first kappa shape index (κ1) is 43.8. The number of carbonyl (C=O) groups is 2. The molecule has 0 aromatic heterocycles. The SMILES string of the molecule is CC(C)(C)CC(CN)C[C@@H]1CN(C(=O)OC(C)(C)C)C(C)(C)C1.CC(C)(C)CC(CN=[N+]=[N-])C[C@@H]1CN(C(=O)OC(C)(C)C)C(C)(C)C1. The van der Waals surface area contributed by atoms with Crippen LogP contribution in [0.5, 0.6) is 0 Å². The smallest absolute Gasteiger partial charge is 0.410 e. The second kappa shape index (κ2) is 16.7. The number of carbonyl (C=O) groups excluding carboxylic acids is 2. The number of likely N-dealkylation sites (tertiary alicyclic amines) is 2. The predicted octanol–water partition coefficient (Wildman–Crippen LogP) is 10.2. The fraction of sp³-hybridized carbons (Fsp3) is 0.947. The standard InChI is InChI=1S/C19H36N4O2.C19H38N2O2/c1-17(2,3)10-14(12-21-22-20)9-15-11-19(7,8)23(13-15)16(24)25-18(4,5)6;1-17(2,3)10-14(12-20)9-15-11-19(7,8)21(13-15)16(22)23-18(4,5)6/h14-15H,9-13H2,1-8H3;14-15H,9-13,20H2,1-8H3/t2*14?,15-/m00/s1. The lowest BCUT2D eigenvalue weighted by molar-refractivity contribution is 0.0118. The quantitative estimate of drug-likeness (QED) is 0.147. The van der Waals surface area contributed by atoms with Crippen molar-refractivity contribution in [1.82, 2.24) is 9.80 Å². The van der Waals surface area contributed by atoms with Gasteiger partial charge in [0, 0.05) is 35.6 Å². The summed E-state index contributed by atoms with van der Waals surface area (Å²) < 4.78 is 11.2. The van der Waals surface area contributed by atoms with Crippen LogP contribution in [0.4, 0.5) is 9.59 Å². The van der Waals surface area contributed by atoms with Crippen molar-refractivity contribution in [2.75, 3.05) is 26.2 Å². The summed E-state index contributed by atoms with van der Waals surface area (Å²) in [7, 11) is 0. The third-order valence-corrected chi connectivity index (χ3v) is 9.02. The van der Waals surface area contributed by atoms with Gasteiger partial charge in [0.2, 0.25) is 0 Å². The van der Waals surface area contributed by atoms with Crippen molar-refractivity contribution in [1.29, 1.82) is 0 Å². The number of hydrogen-bond donors (Lipinski definition) is 1. The fourth-order valence-electron chi connectivity index (χ4n) is 7.68. The molecule has 2 heterocycles. The van der Waals surface area contributed by atoms with Crippen LogP contribution in [0, 0.1) is 34.5 Å². The highest BCUT2D eigenvalue weighted by atomic mass is 16.6. The van der Waals surface area contributed by atoms with Crippen molar-refractivity contribution < 1.29 is 19.1 Å². The Morgan fingerprint density at radius 1 is 0.750 bits per heavy atom. The van der Waals surface area contributed by atoms with E-state index in [1.54, 1.807) is 0 Å². The van der Waals surface area contributed by atoms with E-state index in [1.165, 1.54) is 0 Å². The van der Waals surface area contributed by atoms with E-state index in [2.05, 4.69) is 79.3 Å². The molecule has 0 aromatic rings. The normalized spacial score (nSPS) is 22.3. The molecule has 280 valence electrons. The first-order valence-electron chi connectivity index (χ1n) is 18.2. The van der Waals surface area contributed by atoms with Crippen molar-refractivity contribution in [3.63, 3.8) is 0 Å². The highest BCUT2D eigenvalue weighted by Crippen LogP contribution is 2.40. The van der Waals surface area contributed by atoms with Crippen molar-refractivity contribution in [2.24, 2.45) is 45.3 Å². The number of ether oxygens (including phenoxy) is 2. The number of nitrogens with zero attached hydrogens (tertiary/aromatic N) is 5. The van der Waals surface area contributed by atoms with E-state index in [0.717, 1.165) is 51.6 Å². The third-order valence-electron chi connectivity index (χ3n) is 9.02. The summed E-state index contributed by atoms with van der Waals surface area (Å²) in [5.41, 5.74) is 13.9. The average molecular weight is 679 g/mol. The van der Waals surface area contributed by atoms with Gasteiger partial charge in [0.15, 0.2) is 0 Å². The van der Waals surface area contributed by atoms with Crippen molar-refractivity contribution in [3.05, 3.63) is 10.4 Å². The van der Waals surface area contributed by atoms with Crippen LogP contribution in [0.3, 0.4) is 0 Å². The largest absolute Gasteiger partial charge is 0.444 e. The van der Waals surface area contributed by atoms with Crippen LogP contribution in [-0.2, 0) is 9.47 Å². The Kier molecular flexibility index (Phi) is 15.2. The zero-order valence-corrected chi connectivity index (χ0v) is 33.8. The van der Waals surface area contributed by atoms with Gasteiger partial charge in [0.1, 0.15) is 11.2 Å². The van der Waals surface area contributed by atoms with Gasteiger partial charge in [0.25, 0.3) is 0 Å². The van der Waals surface area contributed by atoms with Gasteiger partial charge in [-0.25, -0.2) is 9.59 Å². The molecular weight excluding hydrogens is 604 g/mol. The van der Waals surface area contributed by atoms with E-state index in [4.69, 9.17) is 20.7 Å². The van der Waals surface area contributed by atoms with Crippen LogP contribution in [0.2, 0.25) is 0 Å². The van der Waals surface area contributed by atoms with E-state index >= 15 is 0 Å². The van der Waals surface area contributed by atoms with Gasteiger partial charge in [-0.05, 0) is 154 Å². The molecule has 0 bridgehead atoms. The molecule has 0 aliphatic carbocycles. The van der Waals surface area contributed by atoms with Gasteiger partial charge in [-0.1, -0.05) is 46.7 Å². The molecule has 10 nitrogen and oxygen atoms in total. The van der Waals surface area contributed by atoms with Crippen LogP contribution in [0.15, 0.2) is 5.11 Å². The molecule has 2 N–H and O–H groups in total. The topological polar surface area (TPSA) is 134 Å². The lowest BCUT2D eigenvalue weighted by Gasteiger charge is -2.33. The lowest BCUT2D eigenvalue weighted by atomic mass is 9.79. The molecule has 2 saturated heterocycles. The molecule has 2 amide bonds. The van der Waals surface area contributed by atoms with Gasteiger partial charge in [-0.2, -0.15) is 0 Å². The molecule has 48 heavy (non-hydrogen) atoms. The monoisotopic (exact) mass is 679 g/mol. The maximum Gasteiger partial charge on any atom is 0.410 e. The number of rotatable bonds is 9. The van der Waals surface area contributed by atoms with E-state index in [0.29, 0.717) is 42.2 Å². The van der Waals surface area contributed by atoms with Crippen LogP contribution in [0.1, 0.15) is 149 Å². The molecule has 4 atom stereocenters. The van der Waals surface area contributed by atoms with E-state index in [-0.39, 0.29) is 28.7 Å². The first-order valence-corrected chi connectivity index (χ1v) is 18.2. The Hall–Kier alpha value is -2.19. The van der Waals surface area contributed by atoms with Crippen LogP contribution >= 0.6 is 0 Å². The molecule has 0 saturated carbocycles. The summed E-state index contributed by atoms with van der Waals surface area (Å²) in [6.07, 6.45) is 5.75.